The van der Waals surface area contributed by atoms with E-state index in [4.69, 9.17) is 4.42 Å². The quantitative estimate of drug-likeness (QED) is 0.407. The zero-order valence-electron chi connectivity index (χ0n) is 18.0. The number of furan rings is 1. The second-order valence-electron chi connectivity index (χ2n) is 8.28. The number of nitrogens with one attached hydrogen (secondary N) is 1. The fourth-order valence-electron chi connectivity index (χ4n) is 4.34. The van der Waals surface area contributed by atoms with Crippen LogP contribution in [0.5, 0.6) is 0 Å². The van der Waals surface area contributed by atoms with Gasteiger partial charge in [-0.05, 0) is 60.2 Å². The minimum Gasteiger partial charge on any atom is -0.467 e. The SMILES string of the molecule is C.O=C(NCc1ccco1)C1CCN(C(=O)c2cc3sccc3n2Cc2ccc(F)cc2)CC1. The van der Waals surface area contributed by atoms with Crippen molar-refractivity contribution < 1.29 is 18.4 Å². The molecule has 34 heavy (non-hydrogen) atoms. The molecule has 0 saturated carbocycles. The first-order valence-corrected chi connectivity index (χ1v) is 11.9. The van der Waals surface area contributed by atoms with Gasteiger partial charge in [-0.2, -0.15) is 0 Å². The number of piperidine rings is 1. The number of rotatable bonds is 6. The monoisotopic (exact) mass is 481 g/mol. The Labute approximate surface area is 202 Å². The summed E-state index contributed by atoms with van der Waals surface area (Å²) in [6, 6.07) is 13.9. The van der Waals surface area contributed by atoms with Crippen LogP contribution in [-0.2, 0) is 17.9 Å². The van der Waals surface area contributed by atoms with E-state index in [0.29, 0.717) is 44.7 Å². The number of thiophene rings is 1. The first-order chi connectivity index (χ1) is 16.1. The highest BCUT2D eigenvalue weighted by Gasteiger charge is 2.29. The van der Waals surface area contributed by atoms with Crippen molar-refractivity contribution in [1.29, 1.82) is 0 Å². The van der Waals surface area contributed by atoms with Crippen LogP contribution in [-0.4, -0.2) is 34.4 Å². The normalized spacial score (nSPS) is 14.2. The van der Waals surface area contributed by atoms with E-state index in [1.54, 1.807) is 35.8 Å². The maximum atomic E-state index is 13.4. The van der Waals surface area contributed by atoms with Gasteiger partial charge in [-0.3, -0.25) is 9.59 Å². The molecule has 0 spiro atoms. The molecular weight excluding hydrogens is 453 g/mol. The summed E-state index contributed by atoms with van der Waals surface area (Å²) in [6.45, 7) is 1.94. The number of fused-ring (bicyclic) bond motifs is 1. The van der Waals surface area contributed by atoms with Crippen molar-refractivity contribution in [3.63, 3.8) is 0 Å². The summed E-state index contributed by atoms with van der Waals surface area (Å²) in [7, 11) is 0. The molecule has 0 aliphatic carbocycles. The minimum absolute atomic E-state index is 0. The van der Waals surface area contributed by atoms with Crippen LogP contribution >= 0.6 is 11.3 Å². The molecule has 5 rings (SSSR count). The van der Waals surface area contributed by atoms with Crippen LogP contribution in [0.4, 0.5) is 4.39 Å². The Bertz CT molecular complexity index is 1250. The van der Waals surface area contributed by atoms with E-state index in [1.807, 2.05) is 33.0 Å². The van der Waals surface area contributed by atoms with Crippen molar-refractivity contribution >= 4 is 33.4 Å². The van der Waals surface area contributed by atoms with Gasteiger partial charge in [0, 0.05) is 25.6 Å². The molecule has 0 unspecified atom stereocenters. The van der Waals surface area contributed by atoms with Crippen molar-refractivity contribution in [3.8, 4) is 0 Å². The molecule has 1 saturated heterocycles. The average Bonchev–Trinajstić information content (AvgIpc) is 3.58. The van der Waals surface area contributed by atoms with Crippen LogP contribution in [0, 0.1) is 11.7 Å². The van der Waals surface area contributed by atoms with Gasteiger partial charge >= 0.3 is 0 Å². The van der Waals surface area contributed by atoms with Crippen molar-refractivity contribution in [1.82, 2.24) is 14.8 Å². The zero-order valence-corrected chi connectivity index (χ0v) is 18.8. The molecule has 178 valence electrons. The van der Waals surface area contributed by atoms with Crippen molar-refractivity contribution in [2.24, 2.45) is 5.92 Å². The molecule has 1 fully saturated rings. The first kappa shape index (κ1) is 23.8. The fourth-order valence-corrected chi connectivity index (χ4v) is 5.16. The highest BCUT2D eigenvalue weighted by Crippen LogP contribution is 2.28. The first-order valence-electron chi connectivity index (χ1n) is 11.0. The lowest BCUT2D eigenvalue weighted by Gasteiger charge is -2.31. The molecule has 2 amide bonds. The Morgan fingerprint density at radius 1 is 1.12 bits per heavy atom. The number of halogens is 1. The van der Waals surface area contributed by atoms with Crippen LogP contribution in [0.2, 0.25) is 0 Å². The number of nitrogens with zero attached hydrogens (tertiary/aromatic N) is 2. The zero-order chi connectivity index (χ0) is 22.8. The Hall–Kier alpha value is -3.39. The molecule has 4 aromatic rings. The molecule has 1 aromatic carbocycles. The molecule has 0 atom stereocenters. The van der Waals surface area contributed by atoms with Crippen LogP contribution in [0.3, 0.4) is 0 Å². The van der Waals surface area contributed by atoms with Gasteiger partial charge in [-0.25, -0.2) is 4.39 Å². The van der Waals surface area contributed by atoms with Gasteiger partial charge in [0.2, 0.25) is 5.91 Å². The van der Waals surface area contributed by atoms with Gasteiger partial charge < -0.3 is 19.2 Å². The number of benzene rings is 1. The van der Waals surface area contributed by atoms with Crippen molar-refractivity contribution in [2.75, 3.05) is 13.1 Å². The predicted octanol–water partition coefficient (Wildman–Crippen LogP) is 5.29. The molecule has 3 aromatic heterocycles. The lowest BCUT2D eigenvalue weighted by molar-refractivity contribution is -0.126. The molecule has 0 radical (unpaired) electrons. The van der Waals surface area contributed by atoms with Gasteiger partial charge in [-0.15, -0.1) is 11.3 Å². The lowest BCUT2D eigenvalue weighted by atomic mass is 9.95. The van der Waals surface area contributed by atoms with E-state index in [0.717, 1.165) is 21.5 Å². The van der Waals surface area contributed by atoms with Crippen LogP contribution < -0.4 is 5.32 Å². The van der Waals surface area contributed by atoms with Gasteiger partial charge in [0.15, 0.2) is 0 Å². The van der Waals surface area contributed by atoms with Crippen molar-refractivity contribution in [2.45, 2.75) is 33.4 Å². The maximum absolute atomic E-state index is 13.4. The third-order valence-electron chi connectivity index (χ3n) is 6.17. The topological polar surface area (TPSA) is 67.5 Å². The molecule has 6 nitrogen and oxygen atoms in total. The Balaban J connectivity index is 0.00000274. The van der Waals surface area contributed by atoms with E-state index >= 15 is 0 Å². The molecular formula is C26H28FN3O3S. The van der Waals surface area contributed by atoms with E-state index in [2.05, 4.69) is 5.32 Å². The number of amides is 2. The Kier molecular flexibility index (Phi) is 7.17. The Morgan fingerprint density at radius 2 is 1.88 bits per heavy atom. The number of carbonyl (C=O) groups excluding carboxylic acids is 2. The molecule has 1 aliphatic rings. The highest BCUT2D eigenvalue weighted by molar-refractivity contribution is 7.17. The second kappa shape index (κ2) is 10.3. The van der Waals surface area contributed by atoms with E-state index in [1.165, 1.54) is 12.1 Å². The largest absolute Gasteiger partial charge is 0.467 e. The molecule has 4 heterocycles. The summed E-state index contributed by atoms with van der Waals surface area (Å²) >= 11 is 1.60. The predicted molar refractivity (Wildman–Crippen MR) is 131 cm³/mol. The van der Waals surface area contributed by atoms with Crippen LogP contribution in [0.15, 0.2) is 64.6 Å². The smallest absolute Gasteiger partial charge is 0.270 e. The summed E-state index contributed by atoms with van der Waals surface area (Å²) in [5, 5.41) is 4.93. The molecule has 1 N–H and O–H groups in total. The van der Waals surface area contributed by atoms with Gasteiger partial charge in [-0.1, -0.05) is 19.6 Å². The van der Waals surface area contributed by atoms with Crippen molar-refractivity contribution in [3.05, 3.63) is 83.0 Å². The summed E-state index contributed by atoms with van der Waals surface area (Å²) < 4.78 is 21.6. The third kappa shape index (κ3) is 4.92. The van der Waals surface area contributed by atoms with E-state index < -0.39 is 0 Å². The van der Waals surface area contributed by atoms with Crippen LogP contribution in [0.1, 0.15) is 42.1 Å². The molecule has 1 aliphatic heterocycles. The molecule has 8 heteroatoms. The minimum atomic E-state index is -0.278. The number of aromatic nitrogens is 1. The highest BCUT2D eigenvalue weighted by atomic mass is 32.1. The summed E-state index contributed by atoms with van der Waals surface area (Å²) in [6.07, 6.45) is 2.84. The lowest BCUT2D eigenvalue weighted by Crippen LogP contribution is -2.43. The van der Waals surface area contributed by atoms with Gasteiger partial charge in [0.1, 0.15) is 17.3 Å². The standard InChI is InChI=1S/C25H24FN3O3S.CH4/c26-19-5-3-17(4-6-19)16-29-21-9-13-33-23(21)14-22(29)25(31)28-10-7-18(8-11-28)24(30)27-15-20-2-1-12-32-20;/h1-6,9,12-14,18H,7-8,10-11,15-16H2,(H,27,30);1H4. The van der Waals surface area contributed by atoms with Gasteiger partial charge in [0.05, 0.1) is 23.0 Å². The maximum Gasteiger partial charge on any atom is 0.270 e. The fraction of sp³-hybridized carbons (Fsp3) is 0.308. The average molecular weight is 482 g/mol. The van der Waals surface area contributed by atoms with Gasteiger partial charge in [0.25, 0.3) is 5.91 Å². The number of carbonyl (C=O) groups is 2. The number of hydrogen-bond donors (Lipinski definition) is 1. The summed E-state index contributed by atoms with van der Waals surface area (Å²) in [5.74, 6) is 0.296. The second-order valence-corrected chi connectivity index (χ2v) is 9.22. The summed E-state index contributed by atoms with van der Waals surface area (Å²) in [4.78, 5) is 27.8. The Morgan fingerprint density at radius 3 is 2.59 bits per heavy atom. The van der Waals surface area contributed by atoms with Crippen LogP contribution in [0.25, 0.3) is 10.2 Å². The molecule has 0 bridgehead atoms. The van der Waals surface area contributed by atoms with E-state index in [9.17, 15) is 14.0 Å². The number of hydrogen-bond acceptors (Lipinski definition) is 4. The number of likely N-dealkylation sites (tertiary alicyclic amines) is 1. The third-order valence-corrected chi connectivity index (χ3v) is 7.02. The van der Waals surface area contributed by atoms with E-state index in [-0.39, 0.29) is 31.0 Å². The summed E-state index contributed by atoms with van der Waals surface area (Å²) in [5.41, 5.74) is 2.56.